The molecule has 1 heterocycles. The van der Waals surface area contributed by atoms with E-state index in [0.717, 1.165) is 6.07 Å². The van der Waals surface area contributed by atoms with E-state index in [1.807, 2.05) is 13.8 Å². The van der Waals surface area contributed by atoms with E-state index in [2.05, 4.69) is 5.32 Å². The Morgan fingerprint density at radius 1 is 1.29 bits per heavy atom. The van der Waals surface area contributed by atoms with Crippen LogP contribution in [0.5, 0.6) is 0 Å². The summed E-state index contributed by atoms with van der Waals surface area (Å²) in [6, 6.07) is 3.00. The fourth-order valence-corrected chi connectivity index (χ4v) is 2.66. The van der Waals surface area contributed by atoms with E-state index in [0.29, 0.717) is 19.2 Å². The summed E-state index contributed by atoms with van der Waals surface area (Å²) in [4.78, 5) is 11.5. The first kappa shape index (κ1) is 15.6. The van der Waals surface area contributed by atoms with E-state index >= 15 is 0 Å². The highest BCUT2D eigenvalue weighted by atomic mass is 19.4. The minimum Gasteiger partial charge on any atom is -0.368 e. The molecule has 2 rings (SSSR count). The average Bonchev–Trinajstić information content (AvgIpc) is 2.35. The maximum absolute atomic E-state index is 13.2. The van der Waals surface area contributed by atoms with Gasteiger partial charge in [-0.3, -0.25) is 10.1 Å². The number of nitrogens with one attached hydrogen (secondary N) is 1. The predicted molar refractivity (Wildman–Crippen MR) is 72.4 cm³/mol. The Kier molecular flexibility index (Phi) is 4.08. The fraction of sp³-hybridized carbons (Fsp3) is 0.538. The number of nitrogens with zero attached hydrogens (tertiary/aromatic N) is 2. The van der Waals surface area contributed by atoms with E-state index in [9.17, 15) is 23.3 Å². The second kappa shape index (κ2) is 5.51. The maximum atomic E-state index is 13.2. The number of halogens is 3. The van der Waals surface area contributed by atoms with Crippen LogP contribution in [0, 0.1) is 10.1 Å². The summed E-state index contributed by atoms with van der Waals surface area (Å²) in [5.41, 5.74) is -1.52. The lowest BCUT2D eigenvalue weighted by atomic mass is 10.1. The van der Waals surface area contributed by atoms with Crippen molar-refractivity contribution in [3.8, 4) is 0 Å². The molecular formula is C13H16F3N3O2. The second-order valence-electron chi connectivity index (χ2n) is 5.33. The number of alkyl halides is 3. The third kappa shape index (κ3) is 3.44. The molecule has 21 heavy (non-hydrogen) atoms. The van der Waals surface area contributed by atoms with Gasteiger partial charge < -0.3 is 10.2 Å². The van der Waals surface area contributed by atoms with Crippen LogP contribution in [0.25, 0.3) is 0 Å². The lowest BCUT2D eigenvalue weighted by Crippen LogP contribution is -2.54. The number of hydrogen-bond donors (Lipinski definition) is 1. The van der Waals surface area contributed by atoms with Crippen molar-refractivity contribution in [3.63, 3.8) is 0 Å². The third-order valence-electron chi connectivity index (χ3n) is 3.39. The first-order chi connectivity index (χ1) is 9.68. The summed E-state index contributed by atoms with van der Waals surface area (Å²) in [7, 11) is 0. The Hall–Kier alpha value is -1.83. The smallest absolute Gasteiger partial charge is 0.368 e. The van der Waals surface area contributed by atoms with Crippen LogP contribution in [0.2, 0.25) is 0 Å². The number of benzene rings is 1. The first-order valence-corrected chi connectivity index (χ1v) is 6.55. The van der Waals surface area contributed by atoms with Crippen LogP contribution in [0.3, 0.4) is 0 Å². The Morgan fingerprint density at radius 3 is 2.33 bits per heavy atom. The quantitative estimate of drug-likeness (QED) is 0.674. The van der Waals surface area contributed by atoms with Gasteiger partial charge in [0.2, 0.25) is 0 Å². The van der Waals surface area contributed by atoms with E-state index in [-0.39, 0.29) is 17.8 Å². The Labute approximate surface area is 119 Å². The van der Waals surface area contributed by atoms with Gasteiger partial charge in [0.05, 0.1) is 10.5 Å². The lowest BCUT2D eigenvalue weighted by Gasteiger charge is -2.38. The lowest BCUT2D eigenvalue weighted by molar-refractivity contribution is -0.385. The summed E-state index contributed by atoms with van der Waals surface area (Å²) in [6.45, 7) is 4.62. The van der Waals surface area contributed by atoms with Gasteiger partial charge in [-0.25, -0.2) is 0 Å². The molecule has 1 saturated heterocycles. The van der Waals surface area contributed by atoms with E-state index < -0.39 is 22.4 Å². The zero-order chi connectivity index (χ0) is 15.8. The van der Waals surface area contributed by atoms with Gasteiger partial charge in [0.15, 0.2) is 0 Å². The molecule has 0 spiro atoms. The molecule has 0 amide bonds. The van der Waals surface area contributed by atoms with Crippen LogP contribution in [-0.4, -0.2) is 30.1 Å². The van der Waals surface area contributed by atoms with Crippen LogP contribution in [0.15, 0.2) is 18.2 Å². The van der Waals surface area contributed by atoms with E-state index in [1.54, 1.807) is 4.90 Å². The van der Waals surface area contributed by atoms with Gasteiger partial charge >= 0.3 is 6.18 Å². The van der Waals surface area contributed by atoms with Crippen molar-refractivity contribution in [3.05, 3.63) is 33.9 Å². The number of nitro benzene ring substituents is 1. The standard InChI is InChI=1S/C13H16F3N3O2/c1-8-6-18(7-9(2)17-8)12-4-3-10(19(20)21)5-11(12)13(14,15)16/h3-5,8-9,17H,6-7H2,1-2H3/t8-,9+. The van der Waals surface area contributed by atoms with E-state index in [1.165, 1.54) is 6.07 Å². The minimum atomic E-state index is -4.63. The third-order valence-corrected chi connectivity index (χ3v) is 3.39. The first-order valence-electron chi connectivity index (χ1n) is 6.55. The summed E-state index contributed by atoms with van der Waals surface area (Å²) in [6.07, 6.45) is -4.63. The highest BCUT2D eigenvalue weighted by molar-refractivity contribution is 5.59. The Bertz CT molecular complexity index is 538. The van der Waals surface area contributed by atoms with Crippen molar-refractivity contribution < 1.29 is 18.1 Å². The minimum absolute atomic E-state index is 0.00620. The zero-order valence-corrected chi connectivity index (χ0v) is 11.6. The Balaban J connectivity index is 2.45. The van der Waals surface area contributed by atoms with Crippen molar-refractivity contribution in [2.45, 2.75) is 32.1 Å². The second-order valence-corrected chi connectivity index (χ2v) is 5.33. The van der Waals surface area contributed by atoms with Gasteiger partial charge in [0, 0.05) is 43.0 Å². The molecular weight excluding hydrogens is 287 g/mol. The molecule has 5 nitrogen and oxygen atoms in total. The molecule has 2 atom stereocenters. The van der Waals surface area contributed by atoms with Gasteiger partial charge in [-0.05, 0) is 19.9 Å². The van der Waals surface area contributed by atoms with Crippen molar-refractivity contribution in [1.29, 1.82) is 0 Å². The zero-order valence-electron chi connectivity index (χ0n) is 11.6. The molecule has 0 bridgehead atoms. The molecule has 0 aromatic heterocycles. The molecule has 1 aliphatic heterocycles. The highest BCUT2D eigenvalue weighted by Crippen LogP contribution is 2.39. The van der Waals surface area contributed by atoms with Gasteiger partial charge in [-0.1, -0.05) is 0 Å². The van der Waals surface area contributed by atoms with E-state index in [4.69, 9.17) is 0 Å². The van der Waals surface area contributed by atoms with Gasteiger partial charge in [-0.2, -0.15) is 13.2 Å². The number of rotatable bonds is 2. The molecule has 0 radical (unpaired) electrons. The molecule has 0 saturated carbocycles. The summed E-state index contributed by atoms with van der Waals surface area (Å²) < 4.78 is 39.5. The molecule has 0 aliphatic carbocycles. The normalized spacial score (nSPS) is 23.2. The summed E-state index contributed by atoms with van der Waals surface area (Å²) >= 11 is 0. The fourth-order valence-electron chi connectivity index (χ4n) is 2.66. The highest BCUT2D eigenvalue weighted by Gasteiger charge is 2.37. The van der Waals surface area contributed by atoms with Crippen molar-refractivity contribution in [2.75, 3.05) is 18.0 Å². The molecule has 1 aromatic carbocycles. The SMILES string of the molecule is C[C@@H]1CN(c2ccc([N+](=O)[O-])cc2C(F)(F)F)C[C@H](C)N1. The van der Waals surface area contributed by atoms with Gasteiger partial charge in [-0.15, -0.1) is 0 Å². The number of anilines is 1. The molecule has 8 heteroatoms. The van der Waals surface area contributed by atoms with Crippen LogP contribution in [-0.2, 0) is 6.18 Å². The average molecular weight is 303 g/mol. The van der Waals surface area contributed by atoms with Crippen molar-refractivity contribution >= 4 is 11.4 Å². The number of piperazine rings is 1. The molecule has 1 N–H and O–H groups in total. The van der Waals surface area contributed by atoms with Gasteiger partial charge in [0.25, 0.3) is 5.69 Å². The largest absolute Gasteiger partial charge is 0.418 e. The van der Waals surface area contributed by atoms with Crippen LogP contribution >= 0.6 is 0 Å². The summed E-state index contributed by atoms with van der Waals surface area (Å²) in [5, 5.41) is 13.9. The van der Waals surface area contributed by atoms with Crippen LogP contribution < -0.4 is 10.2 Å². The monoisotopic (exact) mass is 303 g/mol. The van der Waals surface area contributed by atoms with Crippen LogP contribution in [0.4, 0.5) is 24.5 Å². The molecule has 1 aliphatic rings. The number of non-ortho nitro benzene ring substituents is 1. The number of hydrogen-bond acceptors (Lipinski definition) is 4. The maximum Gasteiger partial charge on any atom is 0.418 e. The molecule has 116 valence electrons. The number of nitro groups is 1. The topological polar surface area (TPSA) is 58.4 Å². The van der Waals surface area contributed by atoms with Crippen molar-refractivity contribution in [2.24, 2.45) is 0 Å². The van der Waals surface area contributed by atoms with Crippen LogP contribution in [0.1, 0.15) is 19.4 Å². The molecule has 1 aromatic rings. The summed E-state index contributed by atoms with van der Waals surface area (Å²) in [5.74, 6) is 0. The Morgan fingerprint density at radius 2 is 1.86 bits per heavy atom. The van der Waals surface area contributed by atoms with Crippen molar-refractivity contribution in [1.82, 2.24) is 5.32 Å². The van der Waals surface area contributed by atoms with Gasteiger partial charge in [0.1, 0.15) is 0 Å². The predicted octanol–water partition coefficient (Wildman–Crippen LogP) is 2.80. The molecule has 0 unspecified atom stereocenters. The molecule has 1 fully saturated rings.